The van der Waals surface area contributed by atoms with Crippen molar-refractivity contribution in [3.05, 3.63) is 60.7 Å². The molecule has 0 amide bonds. The molecule has 0 unspecified atom stereocenters. The Bertz CT molecular complexity index is 1310. The molecule has 4 rings (SSSR count). The molecule has 0 saturated heterocycles. The van der Waals surface area contributed by atoms with Gasteiger partial charge in [-0.15, -0.1) is 0 Å². The maximum Gasteiger partial charge on any atom is 0.263 e. The second kappa shape index (κ2) is 7.13. The van der Waals surface area contributed by atoms with Gasteiger partial charge in [0, 0.05) is 31.2 Å². The summed E-state index contributed by atoms with van der Waals surface area (Å²) in [4.78, 5) is 15.9. The fraction of sp³-hybridized carbons (Fsp3) is 0.158. The van der Waals surface area contributed by atoms with E-state index in [2.05, 4.69) is 19.9 Å². The molecule has 0 aliphatic rings. The lowest BCUT2D eigenvalue weighted by Crippen LogP contribution is -2.14. The summed E-state index contributed by atoms with van der Waals surface area (Å²) >= 11 is 0. The predicted octanol–water partition coefficient (Wildman–Crippen LogP) is 2.55. The first kappa shape index (κ1) is 18.8. The molecule has 0 aliphatic carbocycles. The smallest absolute Gasteiger partial charge is 0.263 e. The van der Waals surface area contributed by atoms with Crippen LogP contribution in [0, 0.1) is 0 Å². The number of nitrogens with one attached hydrogen (secondary N) is 1. The number of fused-ring (bicyclic) bond motifs is 1. The normalized spacial score (nSPS) is 11.7. The van der Waals surface area contributed by atoms with Gasteiger partial charge in [-0.3, -0.25) is 14.2 Å². The number of hydrogen-bond acceptors (Lipinski definition) is 6. The van der Waals surface area contributed by atoms with Crippen LogP contribution in [-0.4, -0.2) is 38.7 Å². The fourth-order valence-corrected chi connectivity index (χ4v) is 3.99. The monoisotopic (exact) mass is 410 g/mol. The number of aryl methyl sites for hydroxylation is 1. The van der Waals surface area contributed by atoms with Crippen molar-refractivity contribution in [2.45, 2.75) is 18.2 Å². The highest BCUT2D eigenvalue weighted by Gasteiger charge is 2.18. The number of nitrogens with zero attached hydrogens (tertiary/aromatic N) is 5. The van der Waals surface area contributed by atoms with E-state index in [-0.39, 0.29) is 10.7 Å². The lowest BCUT2D eigenvalue weighted by atomic mass is 10.2. The summed E-state index contributed by atoms with van der Waals surface area (Å²) in [6, 6.07) is 8.27. The summed E-state index contributed by atoms with van der Waals surface area (Å²) < 4.78 is 31.3. The number of benzene rings is 1. The molecule has 3 aromatic heterocycles. The highest BCUT2D eigenvalue weighted by atomic mass is 32.2. The second-order valence-corrected chi connectivity index (χ2v) is 8.10. The van der Waals surface area contributed by atoms with Gasteiger partial charge in [-0.05, 0) is 18.2 Å². The van der Waals surface area contributed by atoms with Gasteiger partial charge in [-0.2, -0.15) is 10.2 Å². The Kier molecular flexibility index (Phi) is 4.63. The Balaban J connectivity index is 1.62. The van der Waals surface area contributed by atoms with Gasteiger partial charge in [0.15, 0.2) is 11.6 Å². The van der Waals surface area contributed by atoms with Crippen molar-refractivity contribution in [1.29, 1.82) is 0 Å². The van der Waals surface area contributed by atoms with Gasteiger partial charge < -0.3 is 0 Å². The van der Waals surface area contributed by atoms with Crippen LogP contribution in [0.5, 0.6) is 0 Å². The maximum absolute atomic E-state index is 12.8. The Morgan fingerprint density at radius 3 is 2.66 bits per heavy atom. The van der Waals surface area contributed by atoms with Gasteiger partial charge in [-0.25, -0.2) is 18.1 Å². The molecule has 29 heavy (non-hydrogen) atoms. The van der Waals surface area contributed by atoms with Crippen molar-refractivity contribution < 1.29 is 13.2 Å². The molecule has 9 nitrogen and oxygen atoms in total. The van der Waals surface area contributed by atoms with Crippen LogP contribution in [0.2, 0.25) is 0 Å². The van der Waals surface area contributed by atoms with E-state index in [1.54, 1.807) is 43.2 Å². The molecule has 148 valence electrons. The molecule has 1 N–H and O–H groups in total. The first-order chi connectivity index (χ1) is 13.9. The minimum Gasteiger partial charge on any atom is -0.294 e. The van der Waals surface area contributed by atoms with E-state index in [1.807, 2.05) is 6.07 Å². The first-order valence-corrected chi connectivity index (χ1v) is 10.3. The first-order valence-electron chi connectivity index (χ1n) is 8.87. The van der Waals surface area contributed by atoms with Gasteiger partial charge in [0.25, 0.3) is 10.0 Å². The van der Waals surface area contributed by atoms with Crippen molar-refractivity contribution in [2.24, 2.45) is 7.05 Å². The third-order valence-electron chi connectivity index (χ3n) is 4.50. The zero-order valence-electron chi connectivity index (χ0n) is 15.8. The number of carbonyl (C=O) groups is 1. The number of para-hydroxylation sites is 1. The molecule has 0 bridgehead atoms. The Morgan fingerprint density at radius 1 is 1.10 bits per heavy atom. The molecule has 4 aromatic rings. The molecule has 0 saturated carbocycles. The number of Topliss-reactive ketones (excluding diaryl/α,β-unsaturated/α-hetero) is 1. The van der Waals surface area contributed by atoms with Gasteiger partial charge in [-0.1, -0.05) is 19.1 Å². The molecule has 3 heterocycles. The topological polar surface area (TPSA) is 112 Å². The predicted molar refractivity (Wildman–Crippen MR) is 108 cm³/mol. The summed E-state index contributed by atoms with van der Waals surface area (Å²) in [7, 11) is -2.10. The van der Waals surface area contributed by atoms with Crippen LogP contribution in [0.25, 0.3) is 16.7 Å². The molecule has 0 radical (unpaired) electrons. The number of pyridine rings is 1. The van der Waals surface area contributed by atoms with Crippen LogP contribution >= 0.6 is 0 Å². The number of sulfonamides is 1. The lowest BCUT2D eigenvalue weighted by molar-refractivity contribution is 0.0988. The number of anilines is 1. The van der Waals surface area contributed by atoms with Gasteiger partial charge in [0.05, 0.1) is 29.2 Å². The van der Waals surface area contributed by atoms with Crippen LogP contribution in [0.3, 0.4) is 0 Å². The van der Waals surface area contributed by atoms with Crippen LogP contribution in [0.4, 0.5) is 5.69 Å². The van der Waals surface area contributed by atoms with Crippen molar-refractivity contribution >= 4 is 32.4 Å². The summed E-state index contributed by atoms with van der Waals surface area (Å²) in [5, 5.41) is 9.10. The minimum absolute atomic E-state index is 0.0115. The third-order valence-corrected chi connectivity index (χ3v) is 5.85. The average molecular weight is 410 g/mol. The number of ketones is 1. The van der Waals surface area contributed by atoms with E-state index in [0.29, 0.717) is 29.0 Å². The molecular weight excluding hydrogens is 392 g/mol. The third kappa shape index (κ3) is 3.49. The van der Waals surface area contributed by atoms with Crippen LogP contribution in [0.1, 0.15) is 23.7 Å². The van der Waals surface area contributed by atoms with E-state index >= 15 is 0 Å². The van der Waals surface area contributed by atoms with Crippen molar-refractivity contribution in [3.8, 4) is 5.82 Å². The minimum atomic E-state index is -3.85. The number of hydrogen-bond donors (Lipinski definition) is 1. The van der Waals surface area contributed by atoms with E-state index in [4.69, 9.17) is 0 Å². The molecule has 0 spiro atoms. The molecule has 0 aliphatic heterocycles. The van der Waals surface area contributed by atoms with Crippen LogP contribution in [-0.2, 0) is 17.1 Å². The lowest BCUT2D eigenvalue weighted by Gasteiger charge is -2.10. The standard InChI is InChI=1S/C19H18N6O3S/c1-3-17(26)14-10-22-25(12-14)18-8-7-15(11-20-18)29(27,28)23-16-6-4-5-13-9-21-24(2)19(13)16/h4-12,23H,3H2,1-2H3. The maximum atomic E-state index is 12.8. The molecule has 0 atom stereocenters. The molecule has 0 fully saturated rings. The highest BCUT2D eigenvalue weighted by Crippen LogP contribution is 2.25. The highest BCUT2D eigenvalue weighted by molar-refractivity contribution is 7.92. The Morgan fingerprint density at radius 2 is 1.93 bits per heavy atom. The zero-order chi connectivity index (χ0) is 20.6. The van der Waals surface area contributed by atoms with E-state index in [1.165, 1.54) is 29.2 Å². The summed E-state index contributed by atoms with van der Waals surface area (Å²) in [6.45, 7) is 1.77. The average Bonchev–Trinajstić information content (AvgIpc) is 3.35. The molecule has 1 aromatic carbocycles. The summed E-state index contributed by atoms with van der Waals surface area (Å²) in [5.74, 6) is 0.386. The van der Waals surface area contributed by atoms with Crippen molar-refractivity contribution in [2.75, 3.05) is 4.72 Å². The summed E-state index contributed by atoms with van der Waals surface area (Å²) in [5.41, 5.74) is 1.60. The van der Waals surface area contributed by atoms with Crippen molar-refractivity contribution in [1.82, 2.24) is 24.5 Å². The van der Waals surface area contributed by atoms with E-state index < -0.39 is 10.0 Å². The Hall–Kier alpha value is -3.53. The second-order valence-electron chi connectivity index (χ2n) is 6.42. The van der Waals surface area contributed by atoms with Gasteiger partial charge >= 0.3 is 0 Å². The Labute approximate surface area is 167 Å². The van der Waals surface area contributed by atoms with Gasteiger partial charge in [0.2, 0.25) is 0 Å². The SMILES string of the molecule is CCC(=O)c1cnn(-c2ccc(S(=O)(=O)Nc3cccc4cnn(C)c34)cn2)c1. The van der Waals surface area contributed by atoms with E-state index in [0.717, 1.165) is 5.39 Å². The van der Waals surface area contributed by atoms with Gasteiger partial charge in [0.1, 0.15) is 4.90 Å². The van der Waals surface area contributed by atoms with E-state index in [9.17, 15) is 13.2 Å². The fourth-order valence-electron chi connectivity index (χ4n) is 2.98. The number of carbonyl (C=O) groups excluding carboxylic acids is 1. The van der Waals surface area contributed by atoms with Crippen molar-refractivity contribution in [3.63, 3.8) is 0 Å². The largest absolute Gasteiger partial charge is 0.294 e. The van der Waals surface area contributed by atoms with Crippen LogP contribution in [0.15, 0.2) is 60.0 Å². The number of rotatable bonds is 6. The quantitative estimate of drug-likeness (QED) is 0.489. The zero-order valence-corrected chi connectivity index (χ0v) is 16.6. The van der Waals surface area contributed by atoms with Crippen LogP contribution < -0.4 is 4.72 Å². The number of aromatic nitrogens is 5. The molecular formula is C19H18N6O3S. The summed E-state index contributed by atoms with van der Waals surface area (Å²) in [6.07, 6.45) is 6.35. The molecule has 10 heteroatoms.